The number of aromatic nitrogens is 3. The van der Waals surface area contributed by atoms with E-state index in [9.17, 15) is 4.79 Å². The normalized spacial score (nSPS) is 17.0. The van der Waals surface area contributed by atoms with Gasteiger partial charge in [-0.2, -0.15) is 5.10 Å². The molecule has 0 unspecified atom stereocenters. The summed E-state index contributed by atoms with van der Waals surface area (Å²) in [6.45, 7) is 2.89. The number of hydrogen-bond donors (Lipinski definition) is 1. The molecule has 6 heteroatoms. The van der Waals surface area contributed by atoms with Crippen LogP contribution in [0, 0.1) is 5.92 Å². The highest BCUT2D eigenvalue weighted by atomic mass is 32.1. The summed E-state index contributed by atoms with van der Waals surface area (Å²) in [5.74, 6) is 0.588. The lowest BCUT2D eigenvalue weighted by atomic mass is 9.89. The third-order valence-electron chi connectivity index (χ3n) is 4.64. The van der Waals surface area contributed by atoms with Crippen LogP contribution in [0.2, 0.25) is 0 Å². The van der Waals surface area contributed by atoms with Crippen LogP contribution in [0.4, 0.5) is 0 Å². The molecule has 4 rings (SSSR count). The monoisotopic (exact) mass is 340 g/mol. The van der Waals surface area contributed by atoms with Crippen LogP contribution in [0.1, 0.15) is 39.8 Å². The molecule has 0 fully saturated rings. The molecule has 1 amide bonds. The van der Waals surface area contributed by atoms with Gasteiger partial charge in [-0.05, 0) is 48.6 Å². The molecule has 124 valence electrons. The molecule has 1 atom stereocenters. The maximum Gasteiger partial charge on any atom is 0.256 e. The predicted molar refractivity (Wildman–Crippen MR) is 94.5 cm³/mol. The lowest BCUT2D eigenvalue weighted by Gasteiger charge is -2.21. The Morgan fingerprint density at radius 2 is 2.38 bits per heavy atom. The first-order valence-corrected chi connectivity index (χ1v) is 9.25. The molecular weight excluding hydrogens is 320 g/mol. The number of aryl methyl sites for hydroxylation is 1. The van der Waals surface area contributed by atoms with Gasteiger partial charge in [-0.25, -0.2) is 9.50 Å². The van der Waals surface area contributed by atoms with Crippen molar-refractivity contribution in [3.8, 4) is 0 Å². The Balaban J connectivity index is 1.53. The van der Waals surface area contributed by atoms with E-state index in [1.165, 1.54) is 16.1 Å². The highest BCUT2D eigenvalue weighted by molar-refractivity contribution is 7.09. The molecule has 0 bridgehead atoms. The molecule has 0 saturated carbocycles. The van der Waals surface area contributed by atoms with Crippen LogP contribution in [0.5, 0.6) is 0 Å². The maximum absolute atomic E-state index is 12.5. The highest BCUT2D eigenvalue weighted by Crippen LogP contribution is 2.25. The van der Waals surface area contributed by atoms with Gasteiger partial charge in [0.05, 0.1) is 6.20 Å². The van der Waals surface area contributed by atoms with Gasteiger partial charge in [0.15, 0.2) is 5.65 Å². The van der Waals surface area contributed by atoms with Crippen molar-refractivity contribution in [1.29, 1.82) is 0 Å². The molecule has 3 aromatic heterocycles. The van der Waals surface area contributed by atoms with E-state index in [0.29, 0.717) is 23.7 Å². The van der Waals surface area contributed by atoms with Crippen LogP contribution in [-0.2, 0) is 19.3 Å². The van der Waals surface area contributed by atoms with Crippen LogP contribution in [0.25, 0.3) is 5.65 Å². The maximum atomic E-state index is 12.5. The molecule has 0 aliphatic heterocycles. The van der Waals surface area contributed by atoms with Gasteiger partial charge in [-0.15, -0.1) is 11.3 Å². The quantitative estimate of drug-likeness (QED) is 0.794. The molecule has 0 radical (unpaired) electrons. The van der Waals surface area contributed by atoms with E-state index in [2.05, 4.69) is 33.8 Å². The molecule has 1 N–H and O–H groups in total. The van der Waals surface area contributed by atoms with Gasteiger partial charge in [-0.3, -0.25) is 4.79 Å². The number of carbonyl (C=O) groups is 1. The van der Waals surface area contributed by atoms with E-state index in [1.54, 1.807) is 17.5 Å². The van der Waals surface area contributed by atoms with Crippen molar-refractivity contribution in [1.82, 2.24) is 19.9 Å². The van der Waals surface area contributed by atoms with E-state index in [-0.39, 0.29) is 5.91 Å². The number of nitrogens with zero attached hydrogens (tertiary/aromatic N) is 3. The van der Waals surface area contributed by atoms with Crippen molar-refractivity contribution in [2.75, 3.05) is 6.54 Å². The van der Waals surface area contributed by atoms with Crippen molar-refractivity contribution in [2.24, 2.45) is 5.92 Å². The standard InChI is InChI=1S/C18H20N4OS/c1-12-4-5-16-13(9-12)10-20-17-15(11-21-22(16)17)18(23)19-7-6-14-3-2-8-24-14/h2-3,8,10-12H,4-7,9H2,1H3,(H,19,23)/t12-/m0/s1. The summed E-state index contributed by atoms with van der Waals surface area (Å²) in [5, 5.41) is 9.46. The molecule has 1 aliphatic carbocycles. The van der Waals surface area contributed by atoms with Gasteiger partial charge in [0, 0.05) is 23.3 Å². The number of fused-ring (bicyclic) bond motifs is 3. The van der Waals surface area contributed by atoms with E-state index in [1.807, 2.05) is 16.8 Å². The summed E-state index contributed by atoms with van der Waals surface area (Å²) in [5.41, 5.74) is 3.68. The minimum atomic E-state index is -0.0989. The Kier molecular flexibility index (Phi) is 4.06. The van der Waals surface area contributed by atoms with Crippen molar-refractivity contribution in [2.45, 2.75) is 32.6 Å². The topological polar surface area (TPSA) is 59.3 Å². The Bertz CT molecular complexity index is 869. The van der Waals surface area contributed by atoms with Crippen molar-refractivity contribution < 1.29 is 4.79 Å². The number of amides is 1. The molecule has 1 aliphatic rings. The number of nitrogens with one attached hydrogen (secondary N) is 1. The van der Waals surface area contributed by atoms with Gasteiger partial charge in [0.25, 0.3) is 5.91 Å². The SMILES string of the molecule is C[C@H]1CCc2c(cnc3c(C(=O)NCCc4cccs4)cnn23)C1. The number of rotatable bonds is 4. The Hall–Kier alpha value is -2.21. The van der Waals surface area contributed by atoms with Gasteiger partial charge in [0.2, 0.25) is 0 Å². The minimum absolute atomic E-state index is 0.0989. The van der Waals surface area contributed by atoms with E-state index in [0.717, 1.165) is 25.7 Å². The summed E-state index contributed by atoms with van der Waals surface area (Å²) in [6, 6.07) is 4.11. The second-order valence-electron chi connectivity index (χ2n) is 6.46. The summed E-state index contributed by atoms with van der Waals surface area (Å²) in [6.07, 6.45) is 7.61. The van der Waals surface area contributed by atoms with Crippen LogP contribution < -0.4 is 5.32 Å². The molecule has 5 nitrogen and oxygen atoms in total. The molecule has 3 heterocycles. The largest absolute Gasteiger partial charge is 0.352 e. The number of carbonyl (C=O) groups excluding carboxylic acids is 1. The number of hydrogen-bond acceptors (Lipinski definition) is 4. The zero-order valence-electron chi connectivity index (χ0n) is 13.7. The molecular formula is C18H20N4OS. The van der Waals surface area contributed by atoms with Crippen LogP contribution >= 0.6 is 11.3 Å². The van der Waals surface area contributed by atoms with Crippen molar-refractivity contribution in [3.63, 3.8) is 0 Å². The summed E-state index contributed by atoms with van der Waals surface area (Å²) in [4.78, 5) is 18.3. The molecule has 24 heavy (non-hydrogen) atoms. The summed E-state index contributed by atoms with van der Waals surface area (Å²) < 4.78 is 1.86. The summed E-state index contributed by atoms with van der Waals surface area (Å²) >= 11 is 1.71. The minimum Gasteiger partial charge on any atom is -0.352 e. The van der Waals surface area contributed by atoms with Gasteiger partial charge >= 0.3 is 0 Å². The van der Waals surface area contributed by atoms with Gasteiger partial charge in [-0.1, -0.05) is 13.0 Å². The summed E-state index contributed by atoms with van der Waals surface area (Å²) in [7, 11) is 0. The van der Waals surface area contributed by atoms with E-state index < -0.39 is 0 Å². The lowest BCUT2D eigenvalue weighted by Crippen LogP contribution is -2.25. The van der Waals surface area contributed by atoms with Crippen molar-refractivity contribution in [3.05, 3.63) is 51.6 Å². The first-order valence-electron chi connectivity index (χ1n) is 8.37. The zero-order chi connectivity index (χ0) is 16.5. The van der Waals surface area contributed by atoms with E-state index >= 15 is 0 Å². The van der Waals surface area contributed by atoms with Gasteiger partial charge < -0.3 is 5.32 Å². The smallest absolute Gasteiger partial charge is 0.256 e. The zero-order valence-corrected chi connectivity index (χ0v) is 14.5. The second-order valence-corrected chi connectivity index (χ2v) is 7.49. The highest BCUT2D eigenvalue weighted by Gasteiger charge is 2.21. The first kappa shape index (κ1) is 15.3. The number of thiophene rings is 1. The Labute approximate surface area is 144 Å². The van der Waals surface area contributed by atoms with E-state index in [4.69, 9.17) is 0 Å². The molecule has 0 saturated heterocycles. The van der Waals surface area contributed by atoms with Crippen LogP contribution in [0.3, 0.4) is 0 Å². The van der Waals surface area contributed by atoms with Gasteiger partial charge in [0.1, 0.15) is 5.56 Å². The first-order chi connectivity index (χ1) is 11.7. The fourth-order valence-corrected chi connectivity index (χ4v) is 4.03. The molecule has 3 aromatic rings. The third-order valence-corrected chi connectivity index (χ3v) is 5.57. The van der Waals surface area contributed by atoms with Crippen LogP contribution in [0.15, 0.2) is 29.9 Å². The fourth-order valence-electron chi connectivity index (χ4n) is 3.32. The van der Waals surface area contributed by atoms with Crippen molar-refractivity contribution >= 4 is 22.9 Å². The average Bonchev–Trinajstić information content (AvgIpc) is 3.23. The van der Waals surface area contributed by atoms with Crippen LogP contribution in [-0.4, -0.2) is 27.0 Å². The predicted octanol–water partition coefficient (Wildman–Crippen LogP) is 2.89. The fraction of sp³-hybridized carbons (Fsp3) is 0.389. The Morgan fingerprint density at radius 3 is 3.21 bits per heavy atom. The third kappa shape index (κ3) is 2.82. The lowest BCUT2D eigenvalue weighted by molar-refractivity contribution is 0.0955. The second kappa shape index (κ2) is 6.36. The molecule has 0 aromatic carbocycles. The average molecular weight is 340 g/mol. The molecule has 0 spiro atoms. The Morgan fingerprint density at radius 1 is 1.46 bits per heavy atom.